The first-order chi connectivity index (χ1) is 9.39. The van der Waals surface area contributed by atoms with Gasteiger partial charge in [0.15, 0.2) is 0 Å². The maximum absolute atomic E-state index is 12.8. The molecule has 0 aromatic carbocycles. The number of amides is 1. The fourth-order valence-electron chi connectivity index (χ4n) is 1.73. The van der Waals surface area contributed by atoms with Crippen molar-refractivity contribution < 1.29 is 18.0 Å². The molecule has 0 atom stereocenters. The van der Waals surface area contributed by atoms with Gasteiger partial charge in [0.1, 0.15) is 5.54 Å². The average molecular weight is 283 g/mol. The third-order valence-electron chi connectivity index (χ3n) is 3.04. The molecule has 0 aliphatic heterocycles. The number of nitrogens with one attached hydrogen (secondary N) is 1. The van der Waals surface area contributed by atoms with Gasteiger partial charge < -0.3 is 11.1 Å². The first-order valence-corrected chi connectivity index (χ1v) is 5.92. The number of carbonyl (C=O) groups is 1. The number of halogens is 3. The van der Waals surface area contributed by atoms with E-state index in [1.165, 1.54) is 18.5 Å². The zero-order chi connectivity index (χ0) is 14.8. The second-order valence-corrected chi connectivity index (χ2v) is 4.46. The van der Waals surface area contributed by atoms with Crippen molar-refractivity contribution in [2.45, 2.75) is 24.6 Å². The third-order valence-corrected chi connectivity index (χ3v) is 3.04. The lowest BCUT2D eigenvalue weighted by atomic mass is 10.1. The SMILES string of the molecule is NCC#Cc1cnccc1C(=O)NC1(C(F)(F)F)CC1. The molecule has 0 saturated heterocycles. The fraction of sp³-hybridized carbons (Fsp3) is 0.385. The molecular formula is C13H12F3N3O. The summed E-state index contributed by atoms with van der Waals surface area (Å²) in [7, 11) is 0. The van der Waals surface area contributed by atoms with Crippen molar-refractivity contribution in [2.75, 3.05) is 6.54 Å². The Labute approximate surface area is 113 Å². The first-order valence-electron chi connectivity index (χ1n) is 5.92. The summed E-state index contributed by atoms with van der Waals surface area (Å²) in [4.78, 5) is 15.8. The maximum Gasteiger partial charge on any atom is 0.411 e. The van der Waals surface area contributed by atoms with E-state index < -0.39 is 17.6 Å². The minimum atomic E-state index is -4.45. The summed E-state index contributed by atoms with van der Waals surface area (Å²) in [5, 5.41) is 2.05. The number of nitrogens with two attached hydrogens (primary N) is 1. The Hall–Kier alpha value is -2.07. The second-order valence-electron chi connectivity index (χ2n) is 4.46. The molecule has 4 nitrogen and oxygen atoms in total. The van der Waals surface area contributed by atoms with Gasteiger partial charge in [-0.05, 0) is 18.9 Å². The molecule has 106 valence electrons. The normalized spacial score (nSPS) is 16.0. The first kappa shape index (κ1) is 14.3. The molecule has 1 heterocycles. The molecule has 7 heteroatoms. The van der Waals surface area contributed by atoms with E-state index in [1.54, 1.807) is 0 Å². The Balaban J connectivity index is 2.23. The summed E-state index contributed by atoms with van der Waals surface area (Å²) in [6.07, 6.45) is -1.99. The number of aromatic nitrogens is 1. The molecule has 20 heavy (non-hydrogen) atoms. The van der Waals surface area contributed by atoms with E-state index in [0.29, 0.717) is 0 Å². The summed E-state index contributed by atoms with van der Waals surface area (Å²) >= 11 is 0. The van der Waals surface area contributed by atoms with E-state index in [0.717, 1.165) is 0 Å². The molecule has 1 saturated carbocycles. The van der Waals surface area contributed by atoms with Gasteiger partial charge in [-0.1, -0.05) is 11.8 Å². The summed E-state index contributed by atoms with van der Waals surface area (Å²) in [6.45, 7) is 0.0858. The Kier molecular flexibility index (Phi) is 3.68. The van der Waals surface area contributed by atoms with Gasteiger partial charge in [0, 0.05) is 12.4 Å². The highest BCUT2D eigenvalue weighted by atomic mass is 19.4. The predicted molar refractivity (Wildman–Crippen MR) is 65.7 cm³/mol. The Morgan fingerprint density at radius 1 is 1.50 bits per heavy atom. The Morgan fingerprint density at radius 2 is 2.20 bits per heavy atom. The molecule has 1 amide bonds. The number of hydrogen-bond donors (Lipinski definition) is 2. The molecule has 3 N–H and O–H groups in total. The number of carbonyl (C=O) groups excluding carboxylic acids is 1. The van der Waals surface area contributed by atoms with Crippen LogP contribution in [-0.4, -0.2) is 29.2 Å². The highest BCUT2D eigenvalue weighted by Gasteiger charge is 2.64. The zero-order valence-electron chi connectivity index (χ0n) is 10.4. The van der Waals surface area contributed by atoms with Crippen LogP contribution in [0.4, 0.5) is 13.2 Å². The van der Waals surface area contributed by atoms with Gasteiger partial charge >= 0.3 is 6.18 Å². The summed E-state index contributed by atoms with van der Waals surface area (Å²) in [5.74, 6) is 4.36. The quantitative estimate of drug-likeness (QED) is 0.802. The van der Waals surface area contributed by atoms with Gasteiger partial charge in [-0.25, -0.2) is 0 Å². The van der Waals surface area contributed by atoms with Crippen LogP contribution < -0.4 is 11.1 Å². The van der Waals surface area contributed by atoms with Crippen LogP contribution in [0, 0.1) is 11.8 Å². The van der Waals surface area contributed by atoms with Crippen LogP contribution in [0.5, 0.6) is 0 Å². The van der Waals surface area contributed by atoms with E-state index in [2.05, 4.69) is 16.8 Å². The lowest BCUT2D eigenvalue weighted by Gasteiger charge is -2.20. The lowest BCUT2D eigenvalue weighted by Crippen LogP contribution is -2.48. The number of hydrogen-bond acceptors (Lipinski definition) is 3. The van der Waals surface area contributed by atoms with Crippen molar-refractivity contribution >= 4 is 5.91 Å². The monoisotopic (exact) mass is 283 g/mol. The van der Waals surface area contributed by atoms with E-state index in [4.69, 9.17) is 5.73 Å². The van der Waals surface area contributed by atoms with Crippen LogP contribution in [0.25, 0.3) is 0 Å². The van der Waals surface area contributed by atoms with E-state index >= 15 is 0 Å². The van der Waals surface area contributed by atoms with Crippen molar-refractivity contribution in [3.8, 4) is 11.8 Å². The molecule has 0 spiro atoms. The van der Waals surface area contributed by atoms with Crippen LogP contribution in [0.3, 0.4) is 0 Å². The second kappa shape index (κ2) is 5.13. The van der Waals surface area contributed by atoms with Crippen molar-refractivity contribution in [1.29, 1.82) is 0 Å². The molecule has 1 aromatic rings. The van der Waals surface area contributed by atoms with Gasteiger partial charge in [0.2, 0.25) is 0 Å². The molecular weight excluding hydrogens is 271 g/mol. The van der Waals surface area contributed by atoms with Crippen molar-refractivity contribution in [1.82, 2.24) is 10.3 Å². The van der Waals surface area contributed by atoms with Crippen molar-refractivity contribution in [3.63, 3.8) is 0 Å². The summed E-state index contributed by atoms with van der Waals surface area (Å²) in [5.41, 5.74) is 3.46. The minimum Gasteiger partial charge on any atom is -0.338 e. The number of nitrogens with zero attached hydrogens (tertiary/aromatic N) is 1. The molecule has 0 unspecified atom stereocenters. The third kappa shape index (κ3) is 2.75. The van der Waals surface area contributed by atoms with Crippen LogP contribution >= 0.6 is 0 Å². The largest absolute Gasteiger partial charge is 0.411 e. The van der Waals surface area contributed by atoms with Gasteiger partial charge in [0.25, 0.3) is 5.91 Å². The molecule has 1 fully saturated rings. The molecule has 1 aromatic heterocycles. The molecule has 2 rings (SSSR count). The van der Waals surface area contributed by atoms with Gasteiger partial charge in [-0.3, -0.25) is 9.78 Å². The van der Waals surface area contributed by atoms with Crippen LogP contribution in [0.1, 0.15) is 28.8 Å². The average Bonchev–Trinajstić information content (AvgIpc) is 3.17. The predicted octanol–water partition coefficient (Wildman–Crippen LogP) is 1.22. The zero-order valence-corrected chi connectivity index (χ0v) is 10.4. The smallest absolute Gasteiger partial charge is 0.338 e. The molecule has 0 radical (unpaired) electrons. The molecule has 0 bridgehead atoms. The minimum absolute atomic E-state index is 0.0662. The highest BCUT2D eigenvalue weighted by Crippen LogP contribution is 2.49. The lowest BCUT2D eigenvalue weighted by molar-refractivity contribution is -0.163. The number of rotatable bonds is 2. The van der Waals surface area contributed by atoms with E-state index in [-0.39, 0.29) is 30.5 Å². The topological polar surface area (TPSA) is 68.0 Å². The van der Waals surface area contributed by atoms with Gasteiger partial charge in [-0.2, -0.15) is 13.2 Å². The van der Waals surface area contributed by atoms with E-state index in [9.17, 15) is 18.0 Å². The summed E-state index contributed by atoms with van der Waals surface area (Å²) in [6, 6.07) is 1.34. The molecule has 1 aliphatic carbocycles. The van der Waals surface area contributed by atoms with Crippen LogP contribution in [0.2, 0.25) is 0 Å². The van der Waals surface area contributed by atoms with Crippen molar-refractivity contribution in [2.24, 2.45) is 5.73 Å². The van der Waals surface area contributed by atoms with Gasteiger partial charge in [-0.15, -0.1) is 0 Å². The number of pyridine rings is 1. The highest BCUT2D eigenvalue weighted by molar-refractivity contribution is 5.97. The van der Waals surface area contributed by atoms with Crippen LogP contribution in [0.15, 0.2) is 18.5 Å². The maximum atomic E-state index is 12.8. The summed E-state index contributed by atoms with van der Waals surface area (Å²) < 4.78 is 38.4. The Bertz CT molecular complexity index is 583. The van der Waals surface area contributed by atoms with Crippen LogP contribution in [-0.2, 0) is 0 Å². The van der Waals surface area contributed by atoms with Crippen molar-refractivity contribution in [3.05, 3.63) is 29.6 Å². The fourth-order valence-corrected chi connectivity index (χ4v) is 1.73. The van der Waals surface area contributed by atoms with E-state index in [1.807, 2.05) is 5.32 Å². The molecule has 1 aliphatic rings. The van der Waals surface area contributed by atoms with Gasteiger partial charge in [0.05, 0.1) is 17.7 Å². The standard InChI is InChI=1S/C13H12F3N3O/c14-13(15,16)12(4-5-12)19-11(20)10-3-7-18-8-9(10)2-1-6-17/h3,7-8H,4-6,17H2,(H,19,20). The number of alkyl halides is 3. The Morgan fingerprint density at radius 3 is 2.75 bits per heavy atom.